The highest BCUT2D eigenvalue weighted by Crippen LogP contribution is 2.41. The SMILES string of the molecule is CS(=O)(=O)c1ccc(C2CC(=O)Nc3n[nH]c(-c4ccc(F)cc4)c32)cc1. The average Bonchev–Trinajstić information content (AvgIpc) is 3.05. The van der Waals surface area contributed by atoms with Gasteiger partial charge in [0.05, 0.1) is 10.6 Å². The van der Waals surface area contributed by atoms with Gasteiger partial charge in [-0.2, -0.15) is 5.10 Å². The van der Waals surface area contributed by atoms with Crippen LogP contribution >= 0.6 is 0 Å². The second-order valence-corrected chi connectivity index (χ2v) is 8.53. The number of aromatic nitrogens is 2. The van der Waals surface area contributed by atoms with Crippen LogP contribution in [-0.4, -0.2) is 30.8 Å². The number of nitrogens with one attached hydrogen (secondary N) is 2. The summed E-state index contributed by atoms with van der Waals surface area (Å²) in [5, 5.41) is 9.86. The van der Waals surface area contributed by atoms with Crippen molar-refractivity contribution in [3.8, 4) is 11.3 Å². The van der Waals surface area contributed by atoms with Crippen molar-refractivity contribution in [2.75, 3.05) is 11.6 Å². The van der Waals surface area contributed by atoms with Crippen molar-refractivity contribution in [3.63, 3.8) is 0 Å². The molecule has 27 heavy (non-hydrogen) atoms. The van der Waals surface area contributed by atoms with E-state index < -0.39 is 9.84 Å². The van der Waals surface area contributed by atoms with Crippen molar-refractivity contribution in [2.45, 2.75) is 17.2 Å². The number of amides is 1. The summed E-state index contributed by atoms with van der Waals surface area (Å²) in [6.45, 7) is 0. The largest absolute Gasteiger partial charge is 0.309 e. The first-order chi connectivity index (χ1) is 12.8. The van der Waals surface area contributed by atoms with E-state index in [0.29, 0.717) is 11.5 Å². The number of carbonyl (C=O) groups excluding carboxylic acids is 1. The quantitative estimate of drug-likeness (QED) is 0.725. The molecule has 2 heterocycles. The van der Waals surface area contributed by atoms with E-state index in [0.717, 1.165) is 22.9 Å². The van der Waals surface area contributed by atoms with Gasteiger partial charge >= 0.3 is 0 Å². The van der Waals surface area contributed by atoms with Crippen molar-refractivity contribution in [1.29, 1.82) is 0 Å². The molecule has 0 radical (unpaired) electrons. The van der Waals surface area contributed by atoms with Crippen LogP contribution in [0.5, 0.6) is 0 Å². The summed E-state index contributed by atoms with van der Waals surface area (Å²) in [6.07, 6.45) is 1.36. The van der Waals surface area contributed by atoms with Crippen LogP contribution in [0.3, 0.4) is 0 Å². The number of hydrogen-bond acceptors (Lipinski definition) is 4. The van der Waals surface area contributed by atoms with Crippen molar-refractivity contribution in [3.05, 3.63) is 65.5 Å². The lowest BCUT2D eigenvalue weighted by molar-refractivity contribution is -0.116. The van der Waals surface area contributed by atoms with Crippen LogP contribution in [0.2, 0.25) is 0 Å². The Morgan fingerprint density at radius 3 is 2.37 bits per heavy atom. The molecule has 0 bridgehead atoms. The van der Waals surface area contributed by atoms with E-state index in [4.69, 9.17) is 0 Å². The van der Waals surface area contributed by atoms with E-state index in [9.17, 15) is 17.6 Å². The van der Waals surface area contributed by atoms with Crippen LogP contribution in [0, 0.1) is 5.82 Å². The standard InChI is InChI=1S/C19H16FN3O3S/c1-27(25,26)14-8-4-11(5-9-14)15-10-16(24)21-19-17(15)18(22-23-19)12-2-6-13(20)7-3-12/h2-9,15H,10H2,1H3,(H2,21,22,23,24). The Labute approximate surface area is 155 Å². The van der Waals surface area contributed by atoms with Gasteiger partial charge in [0, 0.05) is 29.7 Å². The number of fused-ring (bicyclic) bond motifs is 1. The van der Waals surface area contributed by atoms with Crippen molar-refractivity contribution in [2.24, 2.45) is 0 Å². The number of aromatic amines is 1. The summed E-state index contributed by atoms with van der Waals surface area (Å²) < 4.78 is 36.6. The van der Waals surface area contributed by atoms with E-state index in [1.165, 1.54) is 24.3 Å². The molecular formula is C19H16FN3O3S. The van der Waals surface area contributed by atoms with E-state index >= 15 is 0 Å². The average molecular weight is 385 g/mol. The van der Waals surface area contributed by atoms with Gasteiger partial charge in [-0.25, -0.2) is 12.8 Å². The molecule has 138 valence electrons. The molecule has 1 aliphatic heterocycles. The molecule has 6 nitrogen and oxygen atoms in total. The zero-order valence-corrected chi connectivity index (χ0v) is 15.2. The van der Waals surface area contributed by atoms with Gasteiger partial charge in [-0.05, 0) is 42.0 Å². The van der Waals surface area contributed by atoms with Gasteiger partial charge in [-0.1, -0.05) is 12.1 Å². The molecule has 1 unspecified atom stereocenters. The molecule has 4 rings (SSSR count). The Morgan fingerprint density at radius 1 is 1.07 bits per heavy atom. The fourth-order valence-corrected chi connectivity index (χ4v) is 3.95. The summed E-state index contributed by atoms with van der Waals surface area (Å²) in [6, 6.07) is 12.5. The Balaban J connectivity index is 1.81. The fourth-order valence-electron chi connectivity index (χ4n) is 3.32. The summed E-state index contributed by atoms with van der Waals surface area (Å²) in [7, 11) is -3.30. The summed E-state index contributed by atoms with van der Waals surface area (Å²) in [5.74, 6) is -0.367. The first kappa shape index (κ1) is 17.4. The first-order valence-corrected chi connectivity index (χ1v) is 10.2. The maximum absolute atomic E-state index is 13.3. The minimum Gasteiger partial charge on any atom is -0.309 e. The molecule has 1 aromatic heterocycles. The third-order valence-corrected chi connectivity index (χ3v) is 5.77. The molecule has 0 fully saturated rings. The summed E-state index contributed by atoms with van der Waals surface area (Å²) in [4.78, 5) is 12.3. The Hall–Kier alpha value is -3.00. The normalized spacial score (nSPS) is 16.7. The number of hydrogen-bond donors (Lipinski definition) is 2. The van der Waals surface area contributed by atoms with Crippen molar-refractivity contribution < 1.29 is 17.6 Å². The van der Waals surface area contributed by atoms with Gasteiger partial charge in [-0.3, -0.25) is 9.89 Å². The molecule has 1 aliphatic rings. The lowest BCUT2D eigenvalue weighted by atomic mass is 9.84. The highest BCUT2D eigenvalue weighted by Gasteiger charge is 2.32. The van der Waals surface area contributed by atoms with Crippen LogP contribution in [0.25, 0.3) is 11.3 Å². The summed E-state index contributed by atoms with van der Waals surface area (Å²) in [5.41, 5.74) is 3.05. The summed E-state index contributed by atoms with van der Waals surface area (Å²) >= 11 is 0. The van der Waals surface area contributed by atoms with E-state index in [-0.39, 0.29) is 29.0 Å². The minimum absolute atomic E-state index is 0.170. The van der Waals surface area contributed by atoms with E-state index in [1.807, 2.05) is 0 Å². The van der Waals surface area contributed by atoms with Gasteiger partial charge in [0.2, 0.25) is 5.91 Å². The van der Waals surface area contributed by atoms with E-state index in [1.54, 1.807) is 24.3 Å². The molecule has 2 N–H and O–H groups in total. The number of H-pyrrole nitrogens is 1. The Kier molecular flexibility index (Phi) is 4.07. The van der Waals surface area contributed by atoms with Crippen LogP contribution in [0.15, 0.2) is 53.4 Å². The van der Waals surface area contributed by atoms with Crippen molar-refractivity contribution in [1.82, 2.24) is 10.2 Å². The van der Waals surface area contributed by atoms with Gasteiger partial charge in [0.15, 0.2) is 15.7 Å². The third kappa shape index (κ3) is 3.23. The highest BCUT2D eigenvalue weighted by molar-refractivity contribution is 7.90. The molecule has 0 saturated heterocycles. The van der Waals surface area contributed by atoms with Crippen LogP contribution in [0.1, 0.15) is 23.5 Å². The molecular weight excluding hydrogens is 369 g/mol. The maximum atomic E-state index is 13.3. The van der Waals surface area contributed by atoms with Crippen LogP contribution < -0.4 is 5.32 Å². The number of halogens is 1. The van der Waals surface area contributed by atoms with Crippen LogP contribution in [0.4, 0.5) is 10.2 Å². The fraction of sp³-hybridized carbons (Fsp3) is 0.158. The molecule has 1 amide bonds. The number of rotatable bonds is 3. The molecule has 0 spiro atoms. The Bertz CT molecular complexity index is 1120. The van der Waals surface area contributed by atoms with Gasteiger partial charge < -0.3 is 5.32 Å². The molecule has 8 heteroatoms. The maximum Gasteiger partial charge on any atom is 0.226 e. The zero-order chi connectivity index (χ0) is 19.2. The van der Waals surface area contributed by atoms with Gasteiger partial charge in [0.25, 0.3) is 0 Å². The molecule has 0 aliphatic carbocycles. The predicted octanol–water partition coefficient (Wildman–Crippen LogP) is 3.09. The number of nitrogens with zero attached hydrogens (tertiary/aromatic N) is 1. The minimum atomic E-state index is -3.30. The second kappa shape index (κ2) is 6.31. The van der Waals surface area contributed by atoms with Gasteiger partial charge in [0.1, 0.15) is 5.82 Å². The number of anilines is 1. The van der Waals surface area contributed by atoms with E-state index in [2.05, 4.69) is 15.5 Å². The first-order valence-electron chi connectivity index (χ1n) is 8.27. The molecule has 1 atom stereocenters. The molecule has 2 aromatic carbocycles. The second-order valence-electron chi connectivity index (χ2n) is 6.51. The number of benzene rings is 2. The monoisotopic (exact) mass is 385 g/mol. The molecule has 0 saturated carbocycles. The Morgan fingerprint density at radius 2 is 1.74 bits per heavy atom. The topological polar surface area (TPSA) is 91.9 Å². The highest BCUT2D eigenvalue weighted by atomic mass is 32.2. The van der Waals surface area contributed by atoms with Crippen molar-refractivity contribution >= 4 is 21.6 Å². The lowest BCUT2D eigenvalue weighted by Crippen LogP contribution is -2.23. The number of sulfone groups is 1. The third-order valence-electron chi connectivity index (χ3n) is 4.64. The molecule has 3 aromatic rings. The predicted molar refractivity (Wildman–Crippen MR) is 98.6 cm³/mol. The smallest absolute Gasteiger partial charge is 0.226 e. The number of carbonyl (C=O) groups is 1. The zero-order valence-electron chi connectivity index (χ0n) is 14.4. The lowest BCUT2D eigenvalue weighted by Gasteiger charge is -2.23. The van der Waals surface area contributed by atoms with Crippen LogP contribution in [-0.2, 0) is 14.6 Å². The van der Waals surface area contributed by atoms with Gasteiger partial charge in [-0.15, -0.1) is 0 Å².